The third-order valence-corrected chi connectivity index (χ3v) is 20.9. The van der Waals surface area contributed by atoms with Crippen LogP contribution in [-0.4, -0.2) is 19.1 Å². The largest absolute Gasteiger partial charge is 0.456 e. The lowest BCUT2D eigenvalue weighted by atomic mass is 10.0. The number of aromatic nitrogens is 4. The van der Waals surface area contributed by atoms with Crippen molar-refractivity contribution in [2.24, 2.45) is 0 Å². The summed E-state index contributed by atoms with van der Waals surface area (Å²) in [6, 6.07) is 120. The zero-order valence-corrected chi connectivity index (χ0v) is 55.6. The van der Waals surface area contributed by atoms with Gasteiger partial charge < -0.3 is 36.6 Å². The topological polar surface area (TPSA) is 94.7 Å². The van der Waals surface area contributed by atoms with E-state index in [4.69, 9.17) is 27.6 Å². The standard InChI is InChI=1S/C94H56N6O4/c1-2-17-59(18-3-1)93-96-91-88(103-93)50-37-57-19-15-31-82(89(57)91)97(67-46-51-86-75(55-67)72-26-7-12-33-84(72)101-86)63-38-44-66(45-39-63)100-80-30-11-6-25-71(80)74-54-61(36-49-81(74)100)60-21-14-22-62(53-60)94-95-77-48-35-58-20-16-32-83(90(58)92(77)104-94)98(68-47-52-87-76(56-68)73-27-8-13-34-85(73)102-87)64-40-42-65(43-41-64)99-78-28-9-4-23-69(78)70-24-5-10-29-79(70)99/h1-56H. The number of furan rings is 2. The van der Waals surface area contributed by atoms with Gasteiger partial charge in [0.15, 0.2) is 11.2 Å². The molecular weight excluding hydrogens is 1280 g/mol. The first kappa shape index (κ1) is 57.7. The molecule has 0 radical (unpaired) electrons. The maximum Gasteiger partial charge on any atom is 0.227 e. The molecule has 0 bridgehead atoms. The summed E-state index contributed by atoms with van der Waals surface area (Å²) < 4.78 is 31.2. The second kappa shape index (κ2) is 22.7. The van der Waals surface area contributed by atoms with E-state index in [0.717, 1.165) is 183 Å². The smallest absolute Gasteiger partial charge is 0.227 e. The van der Waals surface area contributed by atoms with Crippen molar-refractivity contribution in [2.75, 3.05) is 9.80 Å². The van der Waals surface area contributed by atoms with Crippen molar-refractivity contribution in [2.45, 2.75) is 0 Å². The minimum Gasteiger partial charge on any atom is -0.456 e. The summed E-state index contributed by atoms with van der Waals surface area (Å²) in [7, 11) is 0. The molecule has 0 unspecified atom stereocenters. The highest BCUT2D eigenvalue weighted by Crippen LogP contribution is 2.48. The number of nitrogens with zero attached hydrogens (tertiary/aromatic N) is 6. The number of benzene rings is 16. The highest BCUT2D eigenvalue weighted by molar-refractivity contribution is 6.17. The highest BCUT2D eigenvalue weighted by atomic mass is 16.4. The Morgan fingerprint density at radius 1 is 0.250 bits per heavy atom. The first-order chi connectivity index (χ1) is 51.5. The van der Waals surface area contributed by atoms with Crippen LogP contribution in [0, 0.1) is 0 Å². The van der Waals surface area contributed by atoms with E-state index in [1.807, 2.05) is 60.7 Å². The van der Waals surface area contributed by atoms with Gasteiger partial charge in [-0.3, -0.25) is 0 Å². The van der Waals surface area contributed by atoms with Crippen LogP contribution in [-0.2, 0) is 0 Å². The lowest BCUT2D eigenvalue weighted by molar-refractivity contribution is 0.620. The van der Waals surface area contributed by atoms with Gasteiger partial charge in [0, 0.05) is 93.7 Å². The molecule has 22 rings (SSSR count). The molecule has 0 saturated carbocycles. The van der Waals surface area contributed by atoms with Gasteiger partial charge >= 0.3 is 0 Å². The van der Waals surface area contributed by atoms with Gasteiger partial charge in [-0.15, -0.1) is 0 Å². The van der Waals surface area contributed by atoms with Gasteiger partial charge in [0.05, 0.1) is 38.8 Å². The van der Waals surface area contributed by atoms with Crippen LogP contribution < -0.4 is 9.80 Å². The van der Waals surface area contributed by atoms with Crippen molar-refractivity contribution in [3.63, 3.8) is 0 Å². The summed E-state index contributed by atoms with van der Waals surface area (Å²) in [5, 5.41) is 13.0. The summed E-state index contributed by atoms with van der Waals surface area (Å²) in [6.45, 7) is 0. The molecule has 10 nitrogen and oxygen atoms in total. The number of hydrogen-bond acceptors (Lipinski definition) is 8. The zero-order chi connectivity index (χ0) is 68.1. The van der Waals surface area contributed by atoms with Crippen LogP contribution in [0.25, 0.3) is 177 Å². The lowest BCUT2D eigenvalue weighted by Crippen LogP contribution is -2.11. The predicted octanol–water partition coefficient (Wildman–Crippen LogP) is 26.2. The van der Waals surface area contributed by atoms with Crippen molar-refractivity contribution in [3.05, 3.63) is 340 Å². The molecule has 22 aromatic rings. The number of rotatable bonds is 11. The molecule has 486 valence electrons. The number of anilines is 6. The summed E-state index contributed by atoms with van der Waals surface area (Å²) in [5.74, 6) is 1.12. The molecule has 0 aliphatic heterocycles. The lowest BCUT2D eigenvalue weighted by Gasteiger charge is -2.27. The molecule has 0 aliphatic carbocycles. The molecule has 0 atom stereocenters. The molecule has 0 N–H and O–H groups in total. The molecule has 0 saturated heterocycles. The minimum absolute atomic E-state index is 0.539. The Morgan fingerprint density at radius 3 is 1.32 bits per heavy atom. The second-order valence-electron chi connectivity index (χ2n) is 26.8. The van der Waals surface area contributed by atoms with Gasteiger partial charge in [0.2, 0.25) is 11.8 Å². The molecular formula is C94H56N6O4. The van der Waals surface area contributed by atoms with Crippen LogP contribution in [0.1, 0.15) is 0 Å². The number of oxazole rings is 2. The molecule has 104 heavy (non-hydrogen) atoms. The quantitative estimate of drug-likeness (QED) is 0.126. The first-order valence-electron chi connectivity index (χ1n) is 35.0. The van der Waals surface area contributed by atoms with Gasteiger partial charge in [-0.25, -0.2) is 9.97 Å². The first-order valence-corrected chi connectivity index (χ1v) is 35.0. The fourth-order valence-electron chi connectivity index (χ4n) is 16.2. The summed E-state index contributed by atoms with van der Waals surface area (Å²) in [5.41, 5.74) is 22.8. The Hall–Kier alpha value is -14.2. The van der Waals surface area contributed by atoms with Crippen LogP contribution in [0.5, 0.6) is 0 Å². The van der Waals surface area contributed by atoms with Crippen molar-refractivity contribution >= 4 is 165 Å². The summed E-state index contributed by atoms with van der Waals surface area (Å²) in [6.07, 6.45) is 0. The van der Waals surface area contributed by atoms with E-state index in [-0.39, 0.29) is 0 Å². The SMILES string of the molecule is c1ccc(-c2nc3c(ccc4cccc(N(c5ccc(-n6c7ccccc7c7cc(-c8cccc(-c9nc%10ccc%11cccc(N(c%12ccc(-n%13c%14ccccc%14c%14ccccc%14%13)cc%12)c%12ccc%13oc%14ccccc%14c%13c%12)c%11c%10o9)c8)ccc76)cc5)c5ccc6oc7ccccc7c6c5)c43)o2)cc1. The average Bonchev–Trinajstić information content (AvgIpc) is 1.50. The third kappa shape index (κ3) is 8.95. The Balaban J connectivity index is 0.636. The van der Waals surface area contributed by atoms with Crippen molar-refractivity contribution < 1.29 is 17.7 Å². The fraction of sp³-hybridized carbons (Fsp3) is 0. The molecule has 10 heteroatoms. The molecule has 0 spiro atoms. The zero-order valence-electron chi connectivity index (χ0n) is 55.6. The molecule has 6 aromatic heterocycles. The minimum atomic E-state index is 0.539. The molecule has 0 aliphatic rings. The second-order valence-corrected chi connectivity index (χ2v) is 26.8. The maximum absolute atomic E-state index is 7.15. The van der Waals surface area contributed by atoms with Crippen molar-refractivity contribution in [1.29, 1.82) is 0 Å². The third-order valence-electron chi connectivity index (χ3n) is 20.9. The highest BCUT2D eigenvalue weighted by Gasteiger charge is 2.26. The monoisotopic (exact) mass is 1330 g/mol. The summed E-state index contributed by atoms with van der Waals surface area (Å²) >= 11 is 0. The van der Waals surface area contributed by atoms with Crippen molar-refractivity contribution in [3.8, 4) is 45.4 Å². The molecule has 0 amide bonds. The average molecular weight is 1330 g/mol. The van der Waals surface area contributed by atoms with E-state index in [9.17, 15) is 0 Å². The van der Waals surface area contributed by atoms with E-state index < -0.39 is 0 Å². The summed E-state index contributed by atoms with van der Waals surface area (Å²) in [4.78, 5) is 15.2. The van der Waals surface area contributed by atoms with E-state index in [1.165, 1.54) is 10.8 Å². The van der Waals surface area contributed by atoms with Crippen molar-refractivity contribution in [1.82, 2.24) is 19.1 Å². The van der Waals surface area contributed by atoms with E-state index >= 15 is 0 Å². The Kier molecular flexibility index (Phi) is 12.6. The number of fused-ring (bicyclic) bond motifs is 18. The molecule has 0 fully saturated rings. The van der Waals surface area contributed by atoms with Gasteiger partial charge in [-0.2, -0.15) is 0 Å². The Morgan fingerprint density at radius 2 is 0.702 bits per heavy atom. The Bertz CT molecular complexity index is 7200. The van der Waals surface area contributed by atoms with Crippen LogP contribution >= 0.6 is 0 Å². The molecule has 6 heterocycles. The van der Waals surface area contributed by atoms with E-state index in [1.54, 1.807) is 0 Å². The fourth-order valence-corrected chi connectivity index (χ4v) is 16.2. The van der Waals surface area contributed by atoms with E-state index in [0.29, 0.717) is 17.4 Å². The van der Waals surface area contributed by atoms with Crippen LogP contribution in [0.3, 0.4) is 0 Å². The van der Waals surface area contributed by atoms with Crippen LogP contribution in [0.15, 0.2) is 357 Å². The van der Waals surface area contributed by atoms with Crippen LogP contribution in [0.4, 0.5) is 34.1 Å². The van der Waals surface area contributed by atoms with Gasteiger partial charge in [-0.05, 0) is 198 Å². The van der Waals surface area contributed by atoms with Gasteiger partial charge in [0.25, 0.3) is 0 Å². The molecule has 16 aromatic carbocycles. The van der Waals surface area contributed by atoms with E-state index in [2.05, 4.69) is 298 Å². The van der Waals surface area contributed by atoms with Crippen LogP contribution in [0.2, 0.25) is 0 Å². The van der Waals surface area contributed by atoms with Gasteiger partial charge in [-0.1, -0.05) is 164 Å². The predicted molar refractivity (Wildman–Crippen MR) is 425 cm³/mol. The number of hydrogen-bond donors (Lipinski definition) is 0. The van der Waals surface area contributed by atoms with Gasteiger partial charge in [0.1, 0.15) is 33.4 Å². The Labute approximate surface area is 593 Å². The number of para-hydroxylation sites is 5. The normalized spacial score (nSPS) is 12.0. The maximum atomic E-state index is 7.15.